The number of nitrogens with one attached hydrogen (secondary N) is 1. The topological polar surface area (TPSA) is 46.9 Å². The lowest BCUT2D eigenvalue weighted by molar-refractivity contribution is -0.122. The largest absolute Gasteiger partial charge is 0.352 e. The average molecular weight is 269 g/mol. The van der Waals surface area contributed by atoms with E-state index in [2.05, 4.69) is 22.5 Å². The Labute approximate surface area is 118 Å². The van der Waals surface area contributed by atoms with Crippen LogP contribution in [-0.4, -0.2) is 15.7 Å². The van der Waals surface area contributed by atoms with Gasteiger partial charge in [-0.2, -0.15) is 5.10 Å². The molecule has 0 radical (unpaired) electrons. The van der Waals surface area contributed by atoms with Crippen molar-refractivity contribution in [2.75, 3.05) is 0 Å². The Morgan fingerprint density at radius 1 is 1.40 bits per heavy atom. The summed E-state index contributed by atoms with van der Waals surface area (Å²) in [6.07, 6.45) is 2.78. The van der Waals surface area contributed by atoms with E-state index >= 15 is 0 Å². The lowest BCUT2D eigenvalue weighted by Crippen LogP contribution is -2.25. The molecular weight excluding hydrogens is 250 g/mol. The summed E-state index contributed by atoms with van der Waals surface area (Å²) in [4.78, 5) is 12.1. The summed E-state index contributed by atoms with van der Waals surface area (Å²) in [5.41, 5.74) is 3.45. The van der Waals surface area contributed by atoms with Gasteiger partial charge in [-0.3, -0.25) is 9.48 Å². The maximum absolute atomic E-state index is 12.1. The Morgan fingerprint density at radius 2 is 2.15 bits per heavy atom. The quantitative estimate of drug-likeness (QED) is 0.924. The van der Waals surface area contributed by atoms with Crippen LogP contribution < -0.4 is 5.32 Å². The van der Waals surface area contributed by atoms with Crippen LogP contribution in [-0.2, 0) is 18.4 Å². The summed E-state index contributed by atoms with van der Waals surface area (Å²) >= 11 is 0. The molecule has 0 spiro atoms. The van der Waals surface area contributed by atoms with Crippen molar-refractivity contribution in [3.05, 3.63) is 53.3 Å². The van der Waals surface area contributed by atoms with Crippen LogP contribution in [0.15, 0.2) is 36.5 Å². The summed E-state index contributed by atoms with van der Waals surface area (Å²) in [5.74, 6) is 0.683. The third kappa shape index (κ3) is 2.46. The minimum absolute atomic E-state index is 0.134. The Balaban J connectivity index is 1.55. The second-order valence-corrected chi connectivity index (χ2v) is 5.46. The molecule has 2 aromatic rings. The third-order valence-corrected chi connectivity index (χ3v) is 4.14. The molecule has 2 atom stereocenters. The molecule has 4 nitrogen and oxygen atoms in total. The predicted octanol–water partition coefficient (Wildman–Crippen LogP) is 2.15. The summed E-state index contributed by atoms with van der Waals surface area (Å²) in [6.45, 7) is 2.58. The number of rotatable bonds is 4. The number of benzene rings is 1. The van der Waals surface area contributed by atoms with E-state index in [1.165, 1.54) is 5.56 Å². The van der Waals surface area contributed by atoms with Gasteiger partial charge >= 0.3 is 0 Å². The van der Waals surface area contributed by atoms with Crippen LogP contribution in [0.1, 0.15) is 29.2 Å². The van der Waals surface area contributed by atoms with Gasteiger partial charge in [0.1, 0.15) is 0 Å². The Bertz CT molecular complexity index is 618. The minimum atomic E-state index is 0.134. The second-order valence-electron chi connectivity index (χ2n) is 5.46. The summed E-state index contributed by atoms with van der Waals surface area (Å²) in [7, 11) is 1.91. The van der Waals surface area contributed by atoms with Gasteiger partial charge in [0.05, 0.1) is 6.20 Å². The first-order valence-electron chi connectivity index (χ1n) is 6.97. The van der Waals surface area contributed by atoms with E-state index < -0.39 is 0 Å². The molecule has 1 amide bonds. The van der Waals surface area contributed by atoms with Gasteiger partial charge in [0.15, 0.2) is 0 Å². The molecule has 1 aromatic carbocycles. The molecule has 1 saturated carbocycles. The fourth-order valence-electron chi connectivity index (χ4n) is 2.58. The highest BCUT2D eigenvalue weighted by Gasteiger charge is 2.43. The molecule has 1 aliphatic rings. The van der Waals surface area contributed by atoms with Crippen LogP contribution in [0.5, 0.6) is 0 Å². The molecule has 1 fully saturated rings. The summed E-state index contributed by atoms with van der Waals surface area (Å²) < 4.78 is 1.82. The number of nitrogens with zero attached hydrogens (tertiary/aromatic N) is 2. The monoisotopic (exact) mass is 269 g/mol. The molecule has 0 unspecified atom stereocenters. The van der Waals surface area contributed by atoms with E-state index in [4.69, 9.17) is 0 Å². The van der Waals surface area contributed by atoms with E-state index in [1.807, 2.05) is 43.0 Å². The highest BCUT2D eigenvalue weighted by Crippen LogP contribution is 2.47. The number of aromatic nitrogens is 2. The van der Waals surface area contributed by atoms with E-state index in [0.717, 1.165) is 17.7 Å². The third-order valence-electron chi connectivity index (χ3n) is 4.14. The van der Waals surface area contributed by atoms with Gasteiger partial charge in [0.2, 0.25) is 5.91 Å². The van der Waals surface area contributed by atoms with Crippen LogP contribution in [0.2, 0.25) is 0 Å². The van der Waals surface area contributed by atoms with Gasteiger partial charge in [-0.05, 0) is 24.8 Å². The zero-order chi connectivity index (χ0) is 14.1. The first-order chi connectivity index (χ1) is 9.66. The number of carbonyl (C=O) groups is 1. The predicted molar refractivity (Wildman–Crippen MR) is 77.1 cm³/mol. The van der Waals surface area contributed by atoms with Crippen molar-refractivity contribution < 1.29 is 4.79 Å². The molecule has 1 heterocycles. The molecule has 104 valence electrons. The SMILES string of the molecule is Cc1c(CNC(=O)[C@H]2C[C@@H]2c2ccccc2)cnn1C. The maximum atomic E-state index is 12.1. The summed E-state index contributed by atoms with van der Waals surface area (Å²) in [5, 5.41) is 7.21. The number of aryl methyl sites for hydroxylation is 1. The van der Waals surface area contributed by atoms with Gasteiger partial charge in [0.25, 0.3) is 0 Å². The average Bonchev–Trinajstić information content (AvgIpc) is 3.21. The highest BCUT2D eigenvalue weighted by molar-refractivity contribution is 5.82. The molecule has 1 N–H and O–H groups in total. The number of hydrogen-bond donors (Lipinski definition) is 1. The minimum Gasteiger partial charge on any atom is -0.352 e. The highest BCUT2D eigenvalue weighted by atomic mass is 16.2. The first kappa shape index (κ1) is 12.9. The van der Waals surface area contributed by atoms with E-state index in [1.54, 1.807) is 0 Å². The second kappa shape index (κ2) is 5.12. The fourth-order valence-corrected chi connectivity index (χ4v) is 2.58. The number of amides is 1. The zero-order valence-electron chi connectivity index (χ0n) is 11.8. The van der Waals surface area contributed by atoms with Gasteiger partial charge in [-0.1, -0.05) is 30.3 Å². The molecule has 0 aliphatic heterocycles. The zero-order valence-corrected chi connectivity index (χ0v) is 11.8. The molecule has 1 aliphatic carbocycles. The van der Waals surface area contributed by atoms with Crippen molar-refractivity contribution in [3.63, 3.8) is 0 Å². The van der Waals surface area contributed by atoms with Gasteiger partial charge in [-0.25, -0.2) is 0 Å². The lowest BCUT2D eigenvalue weighted by Gasteiger charge is -2.05. The van der Waals surface area contributed by atoms with Gasteiger partial charge < -0.3 is 5.32 Å². The normalized spacial score (nSPS) is 20.7. The maximum Gasteiger partial charge on any atom is 0.224 e. The van der Waals surface area contributed by atoms with E-state index in [9.17, 15) is 4.79 Å². The van der Waals surface area contributed by atoms with Crippen LogP contribution in [0.25, 0.3) is 0 Å². The lowest BCUT2D eigenvalue weighted by atomic mass is 10.1. The molecule has 4 heteroatoms. The van der Waals surface area contributed by atoms with Crippen molar-refractivity contribution in [3.8, 4) is 0 Å². The first-order valence-corrected chi connectivity index (χ1v) is 6.97. The molecule has 3 rings (SSSR count). The van der Waals surface area contributed by atoms with E-state index in [0.29, 0.717) is 12.5 Å². The number of carbonyl (C=O) groups excluding carboxylic acids is 1. The van der Waals surface area contributed by atoms with Crippen molar-refractivity contribution in [1.82, 2.24) is 15.1 Å². The van der Waals surface area contributed by atoms with Crippen molar-refractivity contribution in [2.45, 2.75) is 25.8 Å². The Hall–Kier alpha value is -2.10. The van der Waals surface area contributed by atoms with Crippen molar-refractivity contribution >= 4 is 5.91 Å². The molecule has 20 heavy (non-hydrogen) atoms. The molecule has 0 saturated heterocycles. The van der Waals surface area contributed by atoms with E-state index in [-0.39, 0.29) is 11.8 Å². The van der Waals surface area contributed by atoms with Gasteiger partial charge in [-0.15, -0.1) is 0 Å². The molecule has 0 bridgehead atoms. The Kier molecular flexibility index (Phi) is 3.30. The van der Waals surface area contributed by atoms with Crippen LogP contribution >= 0.6 is 0 Å². The van der Waals surface area contributed by atoms with Crippen molar-refractivity contribution in [2.24, 2.45) is 13.0 Å². The van der Waals surface area contributed by atoms with Crippen molar-refractivity contribution in [1.29, 1.82) is 0 Å². The Morgan fingerprint density at radius 3 is 2.80 bits per heavy atom. The molecule has 1 aromatic heterocycles. The standard InChI is InChI=1S/C16H19N3O/c1-11-13(10-18-19(11)2)9-17-16(20)15-8-14(15)12-6-4-3-5-7-12/h3-7,10,14-15H,8-9H2,1-2H3,(H,17,20)/t14-,15+/m1/s1. The fraction of sp³-hybridized carbons (Fsp3) is 0.375. The molecular formula is C16H19N3O. The number of hydrogen-bond acceptors (Lipinski definition) is 2. The smallest absolute Gasteiger partial charge is 0.224 e. The van der Waals surface area contributed by atoms with Gasteiger partial charge in [0, 0.05) is 30.8 Å². The van der Waals surface area contributed by atoms with Crippen LogP contribution in [0.4, 0.5) is 0 Å². The van der Waals surface area contributed by atoms with Crippen LogP contribution in [0.3, 0.4) is 0 Å². The van der Waals surface area contributed by atoms with Crippen LogP contribution in [0, 0.1) is 12.8 Å². The summed E-state index contributed by atoms with van der Waals surface area (Å²) in [6, 6.07) is 10.3.